The van der Waals surface area contributed by atoms with E-state index in [1.165, 1.54) is 12.1 Å². The lowest BCUT2D eigenvalue weighted by Crippen LogP contribution is -2.50. The normalized spacial score (nSPS) is 18.4. The molecule has 1 fully saturated rings. The number of morpholine rings is 1. The second-order valence-electron chi connectivity index (χ2n) is 4.76. The van der Waals surface area contributed by atoms with E-state index in [1.54, 1.807) is 4.90 Å². The maximum Gasteiger partial charge on any atom is 0.335 e. The van der Waals surface area contributed by atoms with Gasteiger partial charge in [-0.15, -0.1) is 0 Å². The van der Waals surface area contributed by atoms with E-state index in [4.69, 9.17) is 9.84 Å². The number of carboxylic acids is 1. The van der Waals surface area contributed by atoms with Crippen molar-refractivity contribution >= 4 is 17.7 Å². The van der Waals surface area contributed by atoms with Gasteiger partial charge in [0.15, 0.2) is 0 Å². The molecule has 0 radical (unpaired) electrons. The molecule has 1 saturated heterocycles. The van der Waals surface area contributed by atoms with Crippen LogP contribution in [0.5, 0.6) is 0 Å². The maximum absolute atomic E-state index is 13.8. The number of anilines is 1. The SMILES string of the molecule is CCC1COCCN1C(=O)Nc1ccc(C(=O)O)cc1F. The summed E-state index contributed by atoms with van der Waals surface area (Å²) in [5.41, 5.74) is -0.199. The summed E-state index contributed by atoms with van der Waals surface area (Å²) in [6, 6.07) is 2.93. The number of benzene rings is 1. The predicted octanol–water partition coefficient (Wildman–Crippen LogP) is 2.17. The van der Waals surface area contributed by atoms with Gasteiger partial charge in [-0.3, -0.25) is 0 Å². The lowest BCUT2D eigenvalue weighted by molar-refractivity contribution is 0.0143. The van der Waals surface area contributed by atoms with Gasteiger partial charge in [0.1, 0.15) is 5.82 Å². The second-order valence-corrected chi connectivity index (χ2v) is 4.76. The number of carbonyl (C=O) groups excluding carboxylic acids is 1. The monoisotopic (exact) mass is 296 g/mol. The summed E-state index contributed by atoms with van der Waals surface area (Å²) in [5, 5.41) is 11.3. The summed E-state index contributed by atoms with van der Waals surface area (Å²) in [4.78, 5) is 24.5. The molecule has 21 heavy (non-hydrogen) atoms. The number of urea groups is 1. The van der Waals surface area contributed by atoms with Crippen molar-refractivity contribution in [1.29, 1.82) is 0 Å². The quantitative estimate of drug-likeness (QED) is 0.896. The molecule has 1 aromatic rings. The van der Waals surface area contributed by atoms with E-state index in [-0.39, 0.29) is 17.3 Å². The highest BCUT2D eigenvalue weighted by Gasteiger charge is 2.26. The molecule has 6 nitrogen and oxygen atoms in total. The minimum absolute atomic E-state index is 0.0358. The van der Waals surface area contributed by atoms with Crippen LogP contribution in [0.3, 0.4) is 0 Å². The number of nitrogens with zero attached hydrogens (tertiary/aromatic N) is 1. The zero-order chi connectivity index (χ0) is 15.4. The fourth-order valence-electron chi connectivity index (χ4n) is 2.20. The van der Waals surface area contributed by atoms with Crippen LogP contribution in [0.4, 0.5) is 14.9 Å². The van der Waals surface area contributed by atoms with Crippen molar-refractivity contribution in [2.45, 2.75) is 19.4 Å². The molecule has 1 aromatic carbocycles. The fourth-order valence-corrected chi connectivity index (χ4v) is 2.20. The number of carboxylic acid groups (broad SMARTS) is 1. The summed E-state index contributed by atoms with van der Waals surface area (Å²) in [5.74, 6) is -1.99. The molecule has 1 unspecified atom stereocenters. The Morgan fingerprint density at radius 3 is 2.90 bits per heavy atom. The number of hydrogen-bond acceptors (Lipinski definition) is 3. The van der Waals surface area contributed by atoms with E-state index in [0.717, 1.165) is 12.5 Å². The van der Waals surface area contributed by atoms with E-state index in [2.05, 4.69) is 5.32 Å². The third-order valence-electron chi connectivity index (χ3n) is 3.42. The summed E-state index contributed by atoms with van der Waals surface area (Å²) >= 11 is 0. The minimum Gasteiger partial charge on any atom is -0.478 e. The van der Waals surface area contributed by atoms with Crippen LogP contribution in [-0.4, -0.2) is 47.8 Å². The van der Waals surface area contributed by atoms with Gasteiger partial charge in [-0.2, -0.15) is 0 Å². The lowest BCUT2D eigenvalue weighted by atomic mass is 10.2. The summed E-state index contributed by atoms with van der Waals surface area (Å²) in [7, 11) is 0. The van der Waals surface area contributed by atoms with E-state index in [9.17, 15) is 14.0 Å². The largest absolute Gasteiger partial charge is 0.478 e. The van der Waals surface area contributed by atoms with E-state index in [0.29, 0.717) is 19.8 Å². The van der Waals surface area contributed by atoms with Crippen LogP contribution in [0.15, 0.2) is 18.2 Å². The number of ether oxygens (including phenoxy) is 1. The first-order valence-corrected chi connectivity index (χ1v) is 6.71. The molecule has 0 saturated carbocycles. The highest BCUT2D eigenvalue weighted by molar-refractivity contribution is 5.92. The highest BCUT2D eigenvalue weighted by Crippen LogP contribution is 2.18. The van der Waals surface area contributed by atoms with Gasteiger partial charge in [-0.1, -0.05) is 6.92 Å². The Kier molecular flexibility index (Phi) is 4.74. The van der Waals surface area contributed by atoms with Crippen molar-refractivity contribution in [3.05, 3.63) is 29.6 Å². The molecule has 0 aromatic heterocycles. The van der Waals surface area contributed by atoms with Crippen LogP contribution < -0.4 is 5.32 Å². The van der Waals surface area contributed by atoms with E-state index in [1.807, 2.05) is 6.92 Å². The highest BCUT2D eigenvalue weighted by atomic mass is 19.1. The molecule has 2 N–H and O–H groups in total. The second kappa shape index (κ2) is 6.53. The molecule has 2 amide bonds. The average Bonchev–Trinajstić information content (AvgIpc) is 2.48. The Hall–Kier alpha value is -2.15. The van der Waals surface area contributed by atoms with Crippen molar-refractivity contribution < 1.29 is 23.8 Å². The maximum atomic E-state index is 13.8. The number of carbonyl (C=O) groups is 2. The van der Waals surface area contributed by atoms with Crippen molar-refractivity contribution in [3.63, 3.8) is 0 Å². The van der Waals surface area contributed by atoms with Crippen molar-refractivity contribution in [2.24, 2.45) is 0 Å². The Bertz CT molecular complexity index is 550. The third-order valence-corrected chi connectivity index (χ3v) is 3.42. The topological polar surface area (TPSA) is 78.9 Å². The lowest BCUT2D eigenvalue weighted by Gasteiger charge is -2.35. The molecule has 2 rings (SSSR count). The van der Waals surface area contributed by atoms with Crippen LogP contribution in [0.1, 0.15) is 23.7 Å². The molecule has 0 bridgehead atoms. The number of aromatic carboxylic acids is 1. The Labute approximate surface area is 121 Å². The van der Waals surface area contributed by atoms with Gasteiger partial charge in [-0.25, -0.2) is 14.0 Å². The Morgan fingerprint density at radius 2 is 2.29 bits per heavy atom. The van der Waals surface area contributed by atoms with Crippen LogP contribution >= 0.6 is 0 Å². The molecule has 1 heterocycles. The first kappa shape index (κ1) is 15.2. The van der Waals surface area contributed by atoms with Gasteiger partial charge in [0.05, 0.1) is 30.5 Å². The van der Waals surface area contributed by atoms with Gasteiger partial charge >= 0.3 is 12.0 Å². The zero-order valence-electron chi connectivity index (χ0n) is 11.6. The Balaban J connectivity index is 2.10. The summed E-state index contributed by atoms with van der Waals surface area (Å²) in [6.07, 6.45) is 0.744. The van der Waals surface area contributed by atoms with Gasteiger partial charge < -0.3 is 20.1 Å². The Morgan fingerprint density at radius 1 is 1.52 bits per heavy atom. The van der Waals surface area contributed by atoms with Crippen LogP contribution in [0.2, 0.25) is 0 Å². The number of hydrogen-bond donors (Lipinski definition) is 2. The van der Waals surface area contributed by atoms with Crippen molar-refractivity contribution in [3.8, 4) is 0 Å². The first-order chi connectivity index (χ1) is 10.0. The number of nitrogens with one attached hydrogen (secondary N) is 1. The molecule has 0 aliphatic carbocycles. The number of halogens is 1. The van der Waals surface area contributed by atoms with Crippen molar-refractivity contribution in [1.82, 2.24) is 4.90 Å². The minimum atomic E-state index is -1.22. The molecular weight excluding hydrogens is 279 g/mol. The standard InChI is InChI=1S/C14H17FN2O4/c1-2-10-8-21-6-5-17(10)14(20)16-12-4-3-9(13(18)19)7-11(12)15/h3-4,7,10H,2,5-6,8H2,1H3,(H,16,20)(H,18,19). The molecule has 7 heteroatoms. The molecule has 1 aliphatic heterocycles. The van der Waals surface area contributed by atoms with Gasteiger partial charge in [0.2, 0.25) is 0 Å². The van der Waals surface area contributed by atoms with Crippen LogP contribution in [-0.2, 0) is 4.74 Å². The van der Waals surface area contributed by atoms with E-state index < -0.39 is 17.8 Å². The third kappa shape index (κ3) is 3.49. The van der Waals surface area contributed by atoms with Gasteiger partial charge in [0.25, 0.3) is 0 Å². The van der Waals surface area contributed by atoms with Gasteiger partial charge in [0, 0.05) is 6.54 Å². The van der Waals surface area contributed by atoms with Gasteiger partial charge in [-0.05, 0) is 24.6 Å². The number of amides is 2. The average molecular weight is 296 g/mol. The predicted molar refractivity (Wildman–Crippen MR) is 74.0 cm³/mol. The number of rotatable bonds is 3. The molecule has 114 valence electrons. The van der Waals surface area contributed by atoms with E-state index >= 15 is 0 Å². The molecular formula is C14H17FN2O4. The smallest absolute Gasteiger partial charge is 0.335 e. The summed E-state index contributed by atoms with van der Waals surface area (Å²) in [6.45, 7) is 3.30. The molecule has 0 spiro atoms. The first-order valence-electron chi connectivity index (χ1n) is 6.71. The fraction of sp³-hybridized carbons (Fsp3) is 0.429. The van der Waals surface area contributed by atoms with Crippen LogP contribution in [0.25, 0.3) is 0 Å². The molecule has 1 atom stereocenters. The van der Waals surface area contributed by atoms with Crippen molar-refractivity contribution in [2.75, 3.05) is 25.1 Å². The van der Waals surface area contributed by atoms with Crippen LogP contribution in [0, 0.1) is 5.82 Å². The summed E-state index contributed by atoms with van der Waals surface area (Å²) < 4.78 is 19.1. The zero-order valence-corrected chi connectivity index (χ0v) is 11.6. The molecule has 1 aliphatic rings.